The first-order valence-electron chi connectivity index (χ1n) is 7.87. The molecule has 0 saturated carbocycles. The van der Waals surface area contributed by atoms with E-state index in [2.05, 4.69) is 10.6 Å². The summed E-state index contributed by atoms with van der Waals surface area (Å²) in [6.07, 6.45) is 0.429. The number of ether oxygens (including phenoxy) is 1. The van der Waals surface area contributed by atoms with Crippen LogP contribution in [0.15, 0.2) is 60.7 Å². The van der Waals surface area contributed by atoms with E-state index in [1.165, 1.54) is 0 Å². The molecule has 0 heterocycles. The zero-order valence-corrected chi connectivity index (χ0v) is 13.7. The number of amides is 2. The van der Waals surface area contributed by atoms with Gasteiger partial charge in [0.05, 0.1) is 6.61 Å². The zero-order chi connectivity index (χ0) is 17.2. The van der Waals surface area contributed by atoms with Gasteiger partial charge in [0.15, 0.2) is 0 Å². The maximum Gasteiger partial charge on any atom is 0.251 e. The molecule has 2 aromatic rings. The van der Waals surface area contributed by atoms with Gasteiger partial charge in [-0.3, -0.25) is 9.59 Å². The third-order valence-electron chi connectivity index (χ3n) is 3.55. The number of methoxy groups -OCH3 is 1. The van der Waals surface area contributed by atoms with Crippen LogP contribution in [0.25, 0.3) is 0 Å². The minimum absolute atomic E-state index is 0.222. The van der Waals surface area contributed by atoms with Gasteiger partial charge in [-0.05, 0) is 17.7 Å². The summed E-state index contributed by atoms with van der Waals surface area (Å²) in [4.78, 5) is 24.8. The molecule has 126 valence electrons. The Hall–Kier alpha value is -2.66. The van der Waals surface area contributed by atoms with E-state index in [4.69, 9.17) is 4.74 Å². The third kappa shape index (κ3) is 5.52. The number of carbonyl (C=O) groups is 2. The second-order valence-corrected chi connectivity index (χ2v) is 5.37. The Kier molecular flexibility index (Phi) is 6.98. The summed E-state index contributed by atoms with van der Waals surface area (Å²) in [6.45, 7) is 0.832. The van der Waals surface area contributed by atoms with Gasteiger partial charge >= 0.3 is 0 Å². The van der Waals surface area contributed by atoms with Crippen LogP contribution in [0.1, 0.15) is 15.9 Å². The summed E-state index contributed by atoms with van der Waals surface area (Å²) >= 11 is 0. The molecule has 0 saturated heterocycles. The van der Waals surface area contributed by atoms with Gasteiger partial charge in [0.25, 0.3) is 5.91 Å². The van der Waals surface area contributed by atoms with Crippen LogP contribution >= 0.6 is 0 Å². The average Bonchev–Trinajstić information content (AvgIpc) is 2.63. The van der Waals surface area contributed by atoms with Gasteiger partial charge in [0.2, 0.25) is 5.91 Å². The number of rotatable bonds is 8. The van der Waals surface area contributed by atoms with E-state index in [9.17, 15) is 9.59 Å². The standard InChI is InChI=1S/C19H22N2O3/c1-24-13-12-20-19(23)17(14-15-8-4-2-5-9-15)21-18(22)16-10-6-3-7-11-16/h2-11,17H,12-14H2,1H3,(H,20,23)(H,21,22). The van der Waals surface area contributed by atoms with Crippen molar-refractivity contribution in [1.29, 1.82) is 0 Å². The molecule has 2 rings (SSSR count). The highest BCUT2D eigenvalue weighted by Gasteiger charge is 2.21. The van der Waals surface area contributed by atoms with Gasteiger partial charge < -0.3 is 15.4 Å². The first kappa shape index (κ1) is 17.7. The normalized spacial score (nSPS) is 11.5. The largest absolute Gasteiger partial charge is 0.383 e. The van der Waals surface area contributed by atoms with Crippen molar-refractivity contribution >= 4 is 11.8 Å². The molecule has 5 nitrogen and oxygen atoms in total. The van der Waals surface area contributed by atoms with Gasteiger partial charge in [-0.15, -0.1) is 0 Å². The van der Waals surface area contributed by atoms with Crippen molar-refractivity contribution in [3.05, 3.63) is 71.8 Å². The molecule has 0 aliphatic rings. The van der Waals surface area contributed by atoms with Crippen molar-refractivity contribution in [1.82, 2.24) is 10.6 Å². The highest BCUT2D eigenvalue weighted by molar-refractivity contribution is 5.97. The highest BCUT2D eigenvalue weighted by atomic mass is 16.5. The molecule has 0 bridgehead atoms. The summed E-state index contributed by atoms with van der Waals surface area (Å²) in [5, 5.41) is 5.60. The summed E-state index contributed by atoms with van der Waals surface area (Å²) in [6, 6.07) is 17.8. The predicted molar refractivity (Wildman–Crippen MR) is 92.7 cm³/mol. The Morgan fingerprint density at radius 3 is 2.25 bits per heavy atom. The molecule has 1 atom stereocenters. The van der Waals surface area contributed by atoms with Crippen molar-refractivity contribution in [3.8, 4) is 0 Å². The zero-order valence-electron chi connectivity index (χ0n) is 13.7. The second kappa shape index (κ2) is 9.47. The van der Waals surface area contributed by atoms with Crippen LogP contribution in [-0.2, 0) is 16.0 Å². The molecule has 0 aromatic heterocycles. The topological polar surface area (TPSA) is 67.4 Å². The van der Waals surface area contributed by atoms with E-state index in [0.29, 0.717) is 25.1 Å². The van der Waals surface area contributed by atoms with Gasteiger partial charge in [0, 0.05) is 25.6 Å². The van der Waals surface area contributed by atoms with E-state index >= 15 is 0 Å². The fraction of sp³-hybridized carbons (Fsp3) is 0.263. The van der Waals surface area contributed by atoms with Crippen LogP contribution in [0.5, 0.6) is 0 Å². The van der Waals surface area contributed by atoms with Crippen LogP contribution in [0.3, 0.4) is 0 Å². The fourth-order valence-electron chi connectivity index (χ4n) is 2.29. The molecule has 5 heteroatoms. The Labute approximate surface area is 142 Å². The van der Waals surface area contributed by atoms with Crippen LogP contribution in [0.4, 0.5) is 0 Å². The quantitative estimate of drug-likeness (QED) is 0.727. The maximum atomic E-state index is 12.4. The Morgan fingerprint density at radius 2 is 1.62 bits per heavy atom. The SMILES string of the molecule is COCCNC(=O)C(Cc1ccccc1)NC(=O)c1ccccc1. The van der Waals surface area contributed by atoms with Crippen LogP contribution in [-0.4, -0.2) is 38.1 Å². The lowest BCUT2D eigenvalue weighted by atomic mass is 10.0. The molecule has 0 fully saturated rings. The summed E-state index contributed by atoms with van der Waals surface area (Å²) in [5.74, 6) is -0.487. The predicted octanol–water partition coefficient (Wildman–Crippen LogP) is 1.79. The molecule has 0 aliphatic heterocycles. The van der Waals surface area contributed by atoms with Gasteiger partial charge in [-0.1, -0.05) is 48.5 Å². The minimum atomic E-state index is -0.642. The van der Waals surface area contributed by atoms with Gasteiger partial charge in [-0.25, -0.2) is 0 Å². The van der Waals surface area contributed by atoms with Crippen molar-refractivity contribution in [3.63, 3.8) is 0 Å². The Balaban J connectivity index is 2.06. The molecule has 0 spiro atoms. The maximum absolute atomic E-state index is 12.4. The first-order chi connectivity index (χ1) is 11.7. The number of nitrogens with one attached hydrogen (secondary N) is 2. The average molecular weight is 326 g/mol. The second-order valence-electron chi connectivity index (χ2n) is 5.37. The van der Waals surface area contributed by atoms with Crippen molar-refractivity contribution in [2.24, 2.45) is 0 Å². The molecular weight excluding hydrogens is 304 g/mol. The highest BCUT2D eigenvalue weighted by Crippen LogP contribution is 2.05. The van der Waals surface area contributed by atoms with Crippen LogP contribution in [0, 0.1) is 0 Å². The van der Waals surface area contributed by atoms with E-state index in [1.807, 2.05) is 36.4 Å². The monoisotopic (exact) mass is 326 g/mol. The Bertz CT molecular complexity index is 644. The molecule has 0 radical (unpaired) electrons. The minimum Gasteiger partial charge on any atom is -0.383 e. The van der Waals surface area contributed by atoms with Crippen molar-refractivity contribution < 1.29 is 14.3 Å². The molecule has 1 unspecified atom stereocenters. The summed E-state index contributed by atoms with van der Waals surface area (Å²) in [5.41, 5.74) is 1.51. The number of hydrogen-bond acceptors (Lipinski definition) is 3. The van der Waals surface area contributed by atoms with E-state index in [0.717, 1.165) is 5.56 Å². The number of carbonyl (C=O) groups excluding carboxylic acids is 2. The molecular formula is C19H22N2O3. The summed E-state index contributed by atoms with van der Waals surface area (Å²) in [7, 11) is 1.57. The molecule has 2 amide bonds. The first-order valence-corrected chi connectivity index (χ1v) is 7.87. The van der Waals surface area contributed by atoms with Crippen LogP contribution in [0.2, 0.25) is 0 Å². The van der Waals surface area contributed by atoms with Gasteiger partial charge in [-0.2, -0.15) is 0 Å². The van der Waals surface area contributed by atoms with E-state index < -0.39 is 6.04 Å². The third-order valence-corrected chi connectivity index (χ3v) is 3.55. The Morgan fingerprint density at radius 1 is 1.00 bits per heavy atom. The molecule has 0 aliphatic carbocycles. The summed E-state index contributed by atoms with van der Waals surface area (Å²) < 4.78 is 4.94. The molecule has 2 aromatic carbocycles. The smallest absolute Gasteiger partial charge is 0.251 e. The fourth-order valence-corrected chi connectivity index (χ4v) is 2.29. The lowest BCUT2D eigenvalue weighted by molar-refractivity contribution is -0.123. The van der Waals surface area contributed by atoms with Crippen molar-refractivity contribution in [2.45, 2.75) is 12.5 Å². The number of hydrogen-bond donors (Lipinski definition) is 2. The number of benzene rings is 2. The lowest BCUT2D eigenvalue weighted by Crippen LogP contribution is -2.48. The lowest BCUT2D eigenvalue weighted by Gasteiger charge is -2.18. The van der Waals surface area contributed by atoms with E-state index in [1.54, 1.807) is 31.4 Å². The molecule has 2 N–H and O–H groups in total. The van der Waals surface area contributed by atoms with Crippen LogP contribution < -0.4 is 10.6 Å². The van der Waals surface area contributed by atoms with Gasteiger partial charge in [0.1, 0.15) is 6.04 Å². The van der Waals surface area contributed by atoms with E-state index in [-0.39, 0.29) is 11.8 Å². The van der Waals surface area contributed by atoms with Crippen molar-refractivity contribution in [2.75, 3.05) is 20.3 Å². The molecule has 24 heavy (non-hydrogen) atoms.